The van der Waals surface area contributed by atoms with E-state index in [2.05, 4.69) is 5.32 Å². The molecule has 8 nitrogen and oxygen atoms in total. The first kappa shape index (κ1) is 18.4. The molecule has 0 atom stereocenters. The topological polar surface area (TPSA) is 104 Å². The predicted molar refractivity (Wildman–Crippen MR) is 96.2 cm³/mol. The summed E-state index contributed by atoms with van der Waals surface area (Å²) in [4.78, 5) is 36.3. The van der Waals surface area contributed by atoms with Crippen LogP contribution in [0.1, 0.15) is 31.7 Å². The Hall–Kier alpha value is -2.42. The lowest BCUT2D eigenvalue weighted by molar-refractivity contribution is -0.141. The van der Waals surface area contributed by atoms with Gasteiger partial charge in [0.1, 0.15) is 6.54 Å². The molecular weight excluding hydrogens is 358 g/mol. The fourth-order valence-corrected chi connectivity index (χ4v) is 4.43. The molecule has 1 saturated heterocycles. The molecule has 0 aromatic heterocycles. The van der Waals surface area contributed by atoms with Gasteiger partial charge in [-0.05, 0) is 43.5 Å². The number of fused-ring (bicyclic) bond motifs is 1. The van der Waals surface area contributed by atoms with E-state index in [0.717, 1.165) is 16.9 Å². The molecule has 2 aliphatic rings. The zero-order valence-corrected chi connectivity index (χ0v) is 15.3. The van der Waals surface area contributed by atoms with Crippen LogP contribution in [0.2, 0.25) is 0 Å². The number of hydrogen-bond acceptors (Lipinski definition) is 5. The SMILES string of the molecule is CCS(=O)(=O)N1CCCc2cc(NC(=O)CN3C(=O)CCC3=O)ccc21. The van der Waals surface area contributed by atoms with Gasteiger partial charge in [-0.25, -0.2) is 8.42 Å². The molecule has 0 saturated carbocycles. The van der Waals surface area contributed by atoms with Crippen LogP contribution < -0.4 is 9.62 Å². The van der Waals surface area contributed by atoms with Crippen molar-refractivity contribution in [3.05, 3.63) is 23.8 Å². The zero-order chi connectivity index (χ0) is 18.9. The molecule has 9 heteroatoms. The van der Waals surface area contributed by atoms with Gasteiger partial charge in [0.2, 0.25) is 27.7 Å². The molecule has 0 aliphatic carbocycles. The van der Waals surface area contributed by atoms with Gasteiger partial charge in [-0.2, -0.15) is 0 Å². The lowest BCUT2D eigenvalue weighted by atomic mass is 10.0. The van der Waals surface area contributed by atoms with Crippen molar-refractivity contribution in [1.29, 1.82) is 0 Å². The smallest absolute Gasteiger partial charge is 0.244 e. The predicted octanol–water partition coefficient (Wildman–Crippen LogP) is 0.876. The fraction of sp³-hybridized carbons (Fsp3) is 0.471. The number of nitrogens with zero attached hydrogens (tertiary/aromatic N) is 2. The first-order chi connectivity index (χ1) is 12.3. The molecular formula is C17H21N3O5S. The second kappa shape index (κ2) is 7.06. The van der Waals surface area contributed by atoms with E-state index in [-0.39, 0.29) is 37.0 Å². The number of sulfonamides is 1. The van der Waals surface area contributed by atoms with E-state index in [1.54, 1.807) is 25.1 Å². The number of imide groups is 1. The van der Waals surface area contributed by atoms with Gasteiger partial charge < -0.3 is 5.32 Å². The van der Waals surface area contributed by atoms with Crippen LogP contribution in [0.5, 0.6) is 0 Å². The highest BCUT2D eigenvalue weighted by Gasteiger charge is 2.30. The normalized spacial score (nSPS) is 17.4. The molecule has 3 rings (SSSR count). The Morgan fingerprint density at radius 1 is 1.15 bits per heavy atom. The zero-order valence-electron chi connectivity index (χ0n) is 14.5. The Labute approximate surface area is 152 Å². The first-order valence-corrected chi connectivity index (χ1v) is 10.2. The van der Waals surface area contributed by atoms with Crippen molar-refractivity contribution in [3.63, 3.8) is 0 Å². The molecule has 2 aliphatic heterocycles. The van der Waals surface area contributed by atoms with Crippen LogP contribution >= 0.6 is 0 Å². The van der Waals surface area contributed by atoms with Gasteiger partial charge in [-0.15, -0.1) is 0 Å². The van der Waals surface area contributed by atoms with E-state index in [9.17, 15) is 22.8 Å². The molecule has 1 aromatic rings. The van der Waals surface area contributed by atoms with Gasteiger partial charge in [-0.3, -0.25) is 23.6 Å². The standard InChI is InChI=1S/C17H21N3O5S/c1-2-26(24,25)20-9-3-4-12-10-13(5-6-14(12)20)18-15(21)11-19-16(22)7-8-17(19)23/h5-6,10H,2-4,7-9,11H2,1H3,(H,18,21). The second-order valence-corrected chi connectivity index (χ2v) is 8.52. The molecule has 0 radical (unpaired) electrons. The van der Waals surface area contributed by atoms with Crippen LogP contribution in [0, 0.1) is 0 Å². The average Bonchev–Trinajstić information content (AvgIpc) is 2.93. The molecule has 2 heterocycles. The molecule has 0 unspecified atom stereocenters. The summed E-state index contributed by atoms with van der Waals surface area (Å²) in [5.74, 6) is -1.10. The van der Waals surface area contributed by atoms with Crippen molar-refractivity contribution >= 4 is 39.1 Å². The molecule has 1 fully saturated rings. The minimum atomic E-state index is -3.33. The van der Waals surface area contributed by atoms with Crippen LogP contribution in [0.25, 0.3) is 0 Å². The number of carbonyl (C=O) groups excluding carboxylic acids is 3. The number of likely N-dealkylation sites (tertiary alicyclic amines) is 1. The molecule has 0 spiro atoms. The summed E-state index contributed by atoms with van der Waals surface area (Å²) in [6, 6.07) is 5.07. The summed E-state index contributed by atoms with van der Waals surface area (Å²) in [6.45, 7) is 1.76. The quantitative estimate of drug-likeness (QED) is 0.765. The lowest BCUT2D eigenvalue weighted by Gasteiger charge is -2.30. The first-order valence-electron chi connectivity index (χ1n) is 8.58. The number of aryl methyl sites for hydroxylation is 1. The Bertz CT molecular complexity index is 849. The van der Waals surface area contributed by atoms with E-state index in [0.29, 0.717) is 24.3 Å². The van der Waals surface area contributed by atoms with Gasteiger partial charge in [0, 0.05) is 25.1 Å². The van der Waals surface area contributed by atoms with Gasteiger partial charge in [0.15, 0.2) is 0 Å². The van der Waals surface area contributed by atoms with E-state index < -0.39 is 15.9 Å². The second-order valence-electron chi connectivity index (χ2n) is 6.34. The minimum Gasteiger partial charge on any atom is -0.325 e. The lowest BCUT2D eigenvalue weighted by Crippen LogP contribution is -2.37. The number of hydrogen-bond donors (Lipinski definition) is 1. The molecule has 140 valence electrons. The van der Waals surface area contributed by atoms with Crippen molar-refractivity contribution in [2.75, 3.05) is 28.5 Å². The van der Waals surface area contributed by atoms with Crippen molar-refractivity contribution < 1.29 is 22.8 Å². The fourth-order valence-electron chi connectivity index (χ4n) is 3.23. The largest absolute Gasteiger partial charge is 0.325 e. The Morgan fingerprint density at radius 2 is 1.85 bits per heavy atom. The average molecular weight is 379 g/mol. The van der Waals surface area contributed by atoms with Gasteiger partial charge >= 0.3 is 0 Å². The number of amides is 3. The molecule has 1 N–H and O–H groups in total. The molecule has 1 aromatic carbocycles. The van der Waals surface area contributed by atoms with Crippen LogP contribution in [0.4, 0.5) is 11.4 Å². The van der Waals surface area contributed by atoms with Crippen molar-refractivity contribution in [2.45, 2.75) is 32.6 Å². The Balaban J connectivity index is 1.74. The van der Waals surface area contributed by atoms with Gasteiger partial charge in [0.25, 0.3) is 0 Å². The van der Waals surface area contributed by atoms with Crippen LogP contribution in [0.15, 0.2) is 18.2 Å². The third kappa shape index (κ3) is 3.57. The van der Waals surface area contributed by atoms with E-state index >= 15 is 0 Å². The van der Waals surface area contributed by atoms with Gasteiger partial charge in [-0.1, -0.05) is 0 Å². The Kier molecular flexibility index (Phi) is 4.99. The molecule has 3 amide bonds. The van der Waals surface area contributed by atoms with E-state index in [1.165, 1.54) is 4.31 Å². The number of carbonyl (C=O) groups is 3. The third-order valence-corrected chi connectivity index (χ3v) is 6.38. The Morgan fingerprint density at radius 3 is 2.50 bits per heavy atom. The summed E-state index contributed by atoms with van der Waals surface area (Å²) in [7, 11) is -3.33. The summed E-state index contributed by atoms with van der Waals surface area (Å²) in [5.41, 5.74) is 2.00. The number of rotatable bonds is 5. The van der Waals surface area contributed by atoms with Crippen molar-refractivity contribution in [1.82, 2.24) is 4.90 Å². The van der Waals surface area contributed by atoms with Gasteiger partial charge in [0.05, 0.1) is 11.4 Å². The monoisotopic (exact) mass is 379 g/mol. The maximum Gasteiger partial charge on any atom is 0.244 e. The number of nitrogens with one attached hydrogen (secondary N) is 1. The highest BCUT2D eigenvalue weighted by Crippen LogP contribution is 2.31. The van der Waals surface area contributed by atoms with Crippen LogP contribution in [-0.2, 0) is 30.8 Å². The highest BCUT2D eigenvalue weighted by atomic mass is 32.2. The maximum atomic E-state index is 12.2. The van der Waals surface area contributed by atoms with E-state index in [1.807, 2.05) is 0 Å². The summed E-state index contributed by atoms with van der Waals surface area (Å²) in [6.07, 6.45) is 1.72. The van der Waals surface area contributed by atoms with Crippen molar-refractivity contribution in [2.24, 2.45) is 0 Å². The minimum absolute atomic E-state index is 0.0306. The molecule has 26 heavy (non-hydrogen) atoms. The highest BCUT2D eigenvalue weighted by molar-refractivity contribution is 7.92. The molecule has 0 bridgehead atoms. The summed E-state index contributed by atoms with van der Waals surface area (Å²) < 4.78 is 25.9. The maximum absolute atomic E-state index is 12.2. The van der Waals surface area contributed by atoms with Crippen molar-refractivity contribution in [3.8, 4) is 0 Å². The van der Waals surface area contributed by atoms with E-state index in [4.69, 9.17) is 0 Å². The summed E-state index contributed by atoms with van der Waals surface area (Å²) in [5, 5.41) is 2.67. The van der Waals surface area contributed by atoms with Crippen LogP contribution in [-0.4, -0.2) is 49.9 Å². The third-order valence-electron chi connectivity index (χ3n) is 4.60. The van der Waals surface area contributed by atoms with Crippen LogP contribution in [0.3, 0.4) is 0 Å². The summed E-state index contributed by atoms with van der Waals surface area (Å²) >= 11 is 0. The number of benzene rings is 1. The number of anilines is 2.